The Morgan fingerprint density at radius 2 is 2.24 bits per heavy atom. The molecule has 3 rings (SSSR count). The minimum atomic E-state index is -3.85. The molecule has 0 aliphatic carbocycles. The summed E-state index contributed by atoms with van der Waals surface area (Å²) in [6.07, 6.45) is 0.658. The van der Waals surface area contributed by atoms with Crippen molar-refractivity contribution in [2.45, 2.75) is 31.1 Å². The predicted molar refractivity (Wildman–Crippen MR) is 87.8 cm³/mol. The Hall–Kier alpha value is -1.55. The average molecular weight is 390 g/mol. The van der Waals surface area contributed by atoms with Crippen molar-refractivity contribution in [1.29, 1.82) is 0 Å². The zero-order chi connectivity index (χ0) is 18.2. The molecule has 1 aromatic heterocycles. The molecule has 0 unspecified atom stereocenters. The van der Waals surface area contributed by atoms with Crippen LogP contribution in [0.2, 0.25) is 5.02 Å². The van der Waals surface area contributed by atoms with Crippen LogP contribution in [0.15, 0.2) is 22.7 Å². The summed E-state index contributed by atoms with van der Waals surface area (Å²) in [5.41, 5.74) is -1.56. The lowest BCUT2D eigenvalue weighted by Crippen LogP contribution is -2.35. The second-order valence-electron chi connectivity index (χ2n) is 5.98. The molecule has 1 saturated heterocycles. The third-order valence-electron chi connectivity index (χ3n) is 4.13. The first-order chi connectivity index (χ1) is 11.7. The van der Waals surface area contributed by atoms with E-state index in [4.69, 9.17) is 16.1 Å². The number of aliphatic hydroxyl groups is 1. The third kappa shape index (κ3) is 3.69. The lowest BCUT2D eigenvalue weighted by Gasteiger charge is -2.19. The molecule has 1 aliphatic rings. The molecule has 1 atom stereocenters. The van der Waals surface area contributed by atoms with Gasteiger partial charge in [-0.25, -0.2) is 12.8 Å². The average Bonchev–Trinajstić information content (AvgIpc) is 3.18. The molecule has 7 nitrogen and oxygen atoms in total. The van der Waals surface area contributed by atoms with Gasteiger partial charge in [-0.05, 0) is 18.2 Å². The van der Waals surface area contributed by atoms with E-state index in [1.54, 1.807) is 0 Å². The molecule has 25 heavy (non-hydrogen) atoms. The van der Waals surface area contributed by atoms with E-state index in [9.17, 15) is 17.9 Å². The highest BCUT2D eigenvalue weighted by Crippen LogP contribution is 2.33. The Labute approximate surface area is 149 Å². The van der Waals surface area contributed by atoms with Crippen LogP contribution >= 0.6 is 11.6 Å². The van der Waals surface area contributed by atoms with Crippen LogP contribution < -0.4 is 0 Å². The summed E-state index contributed by atoms with van der Waals surface area (Å²) in [6, 6.07) is 3.75. The van der Waals surface area contributed by atoms with Crippen molar-refractivity contribution < 1.29 is 22.4 Å². The van der Waals surface area contributed by atoms with Gasteiger partial charge < -0.3 is 9.63 Å². The van der Waals surface area contributed by atoms with Gasteiger partial charge in [-0.3, -0.25) is 0 Å². The fourth-order valence-electron chi connectivity index (χ4n) is 2.70. The van der Waals surface area contributed by atoms with E-state index < -0.39 is 27.2 Å². The first-order valence-electron chi connectivity index (χ1n) is 7.71. The summed E-state index contributed by atoms with van der Waals surface area (Å²) in [5.74, 6) is -0.756. The van der Waals surface area contributed by atoms with E-state index >= 15 is 0 Å². The van der Waals surface area contributed by atoms with Gasteiger partial charge in [-0.15, -0.1) is 0 Å². The molecule has 1 fully saturated rings. The molecule has 1 aliphatic heterocycles. The maximum absolute atomic E-state index is 13.8. The van der Waals surface area contributed by atoms with Gasteiger partial charge in [-0.1, -0.05) is 23.7 Å². The lowest BCUT2D eigenvalue weighted by atomic mass is 10.0. The lowest BCUT2D eigenvalue weighted by molar-refractivity contribution is 0.0194. The molecule has 136 valence electrons. The number of benzene rings is 1. The van der Waals surface area contributed by atoms with Crippen molar-refractivity contribution in [3.05, 3.63) is 46.3 Å². The summed E-state index contributed by atoms with van der Waals surface area (Å²) >= 11 is 5.80. The summed E-state index contributed by atoms with van der Waals surface area (Å²) < 4.78 is 45.1. The topological polar surface area (TPSA) is 96.5 Å². The number of sulfonamides is 1. The fraction of sp³-hybridized carbons (Fsp3) is 0.467. The van der Waals surface area contributed by atoms with Crippen molar-refractivity contribution in [2.24, 2.45) is 0 Å². The van der Waals surface area contributed by atoms with Crippen molar-refractivity contribution in [2.75, 3.05) is 13.1 Å². The summed E-state index contributed by atoms with van der Waals surface area (Å²) in [6.45, 7) is 1.69. The molecule has 1 N–H and O–H groups in total. The van der Waals surface area contributed by atoms with Crippen LogP contribution in [0.5, 0.6) is 0 Å². The highest BCUT2D eigenvalue weighted by atomic mass is 35.5. The third-order valence-corrected chi connectivity index (χ3v) is 6.14. The summed E-state index contributed by atoms with van der Waals surface area (Å²) in [7, 11) is -3.85. The van der Waals surface area contributed by atoms with Gasteiger partial charge in [0.25, 0.3) is 5.89 Å². The van der Waals surface area contributed by atoms with Crippen LogP contribution in [0.25, 0.3) is 0 Å². The minimum Gasteiger partial charge on any atom is -0.379 e. The number of hydrogen-bond acceptors (Lipinski definition) is 6. The molecule has 0 amide bonds. The number of nitrogens with zero attached hydrogens (tertiary/aromatic N) is 3. The molecule has 0 radical (unpaired) electrons. The largest absolute Gasteiger partial charge is 0.379 e. The van der Waals surface area contributed by atoms with Crippen LogP contribution in [0.3, 0.4) is 0 Å². The number of hydrogen-bond donors (Lipinski definition) is 1. The van der Waals surface area contributed by atoms with Gasteiger partial charge in [0.15, 0.2) is 11.4 Å². The van der Waals surface area contributed by atoms with E-state index in [1.165, 1.54) is 12.1 Å². The van der Waals surface area contributed by atoms with E-state index in [1.807, 2.05) is 6.92 Å². The standard InChI is InChI=1S/C15H17ClFN3O4S/c1-2-13-18-14(24-19-13)15(21)5-6-20(9-15)25(22,23)8-10-7-11(16)3-4-12(10)17/h3-4,7,21H,2,5-6,8-9H2,1H3/t15-/m1/s1. The molecule has 2 heterocycles. The number of aromatic nitrogens is 2. The number of aryl methyl sites for hydroxylation is 1. The normalized spacial score (nSPS) is 21.8. The van der Waals surface area contributed by atoms with Gasteiger partial charge in [0, 0.05) is 30.0 Å². The first kappa shape index (κ1) is 18.2. The van der Waals surface area contributed by atoms with Crippen LogP contribution in [0, 0.1) is 5.82 Å². The van der Waals surface area contributed by atoms with E-state index in [0.717, 1.165) is 10.4 Å². The number of halogens is 2. The zero-order valence-corrected chi connectivity index (χ0v) is 15.0. The molecule has 2 aromatic rings. The van der Waals surface area contributed by atoms with Crippen molar-refractivity contribution in [3.8, 4) is 0 Å². The predicted octanol–water partition coefficient (Wildman–Crippen LogP) is 1.85. The zero-order valence-electron chi connectivity index (χ0n) is 13.4. The highest BCUT2D eigenvalue weighted by Gasteiger charge is 2.46. The van der Waals surface area contributed by atoms with Gasteiger partial charge >= 0.3 is 0 Å². The maximum Gasteiger partial charge on any atom is 0.260 e. The second-order valence-corrected chi connectivity index (χ2v) is 8.38. The fourth-order valence-corrected chi connectivity index (χ4v) is 4.47. The quantitative estimate of drug-likeness (QED) is 0.838. The molecule has 0 saturated carbocycles. The van der Waals surface area contributed by atoms with Crippen LogP contribution in [0.4, 0.5) is 4.39 Å². The van der Waals surface area contributed by atoms with Gasteiger partial charge in [-0.2, -0.15) is 9.29 Å². The Balaban J connectivity index is 1.79. The maximum atomic E-state index is 13.8. The minimum absolute atomic E-state index is 0.00372. The van der Waals surface area contributed by atoms with Crippen LogP contribution in [-0.4, -0.2) is 41.1 Å². The first-order valence-corrected chi connectivity index (χ1v) is 9.69. The summed E-state index contributed by atoms with van der Waals surface area (Å²) in [4.78, 5) is 4.08. The highest BCUT2D eigenvalue weighted by molar-refractivity contribution is 7.88. The summed E-state index contributed by atoms with van der Waals surface area (Å²) in [5, 5.41) is 14.6. The van der Waals surface area contributed by atoms with Crippen molar-refractivity contribution in [3.63, 3.8) is 0 Å². The molecule has 0 spiro atoms. The Bertz CT molecular complexity index is 889. The molecular formula is C15H17ClFN3O4S. The van der Waals surface area contributed by atoms with E-state index in [-0.39, 0.29) is 36.0 Å². The van der Waals surface area contributed by atoms with Gasteiger partial charge in [0.2, 0.25) is 10.0 Å². The SMILES string of the molecule is CCc1noc([C@@]2(O)CCN(S(=O)(=O)Cc3cc(Cl)ccc3F)C2)n1. The van der Waals surface area contributed by atoms with E-state index in [2.05, 4.69) is 10.1 Å². The van der Waals surface area contributed by atoms with Crippen LogP contribution in [0.1, 0.15) is 30.6 Å². The molecule has 0 bridgehead atoms. The van der Waals surface area contributed by atoms with E-state index in [0.29, 0.717) is 12.2 Å². The Morgan fingerprint density at radius 1 is 1.48 bits per heavy atom. The molecular weight excluding hydrogens is 373 g/mol. The van der Waals surface area contributed by atoms with Gasteiger partial charge in [0.05, 0.1) is 12.3 Å². The van der Waals surface area contributed by atoms with Gasteiger partial charge in [0.1, 0.15) is 5.82 Å². The van der Waals surface area contributed by atoms with Crippen molar-refractivity contribution >= 4 is 21.6 Å². The Morgan fingerprint density at radius 3 is 2.92 bits per heavy atom. The molecule has 1 aromatic carbocycles. The monoisotopic (exact) mass is 389 g/mol. The van der Waals surface area contributed by atoms with Crippen LogP contribution in [-0.2, 0) is 27.8 Å². The second kappa shape index (κ2) is 6.64. The number of β-amino-alcohol motifs (C(OH)–C–C–N with tert-alkyl or cyclic N) is 1. The smallest absolute Gasteiger partial charge is 0.260 e. The van der Waals surface area contributed by atoms with Crippen molar-refractivity contribution in [1.82, 2.24) is 14.4 Å². The Kier molecular flexibility index (Phi) is 4.84. The number of rotatable bonds is 5. The molecule has 10 heteroatoms.